The Balaban J connectivity index is 2.21. The maximum Gasteiger partial charge on any atom is 0.0406 e. The zero-order chi connectivity index (χ0) is 13.8. The van der Waals surface area contributed by atoms with Gasteiger partial charge >= 0.3 is 0 Å². The highest BCUT2D eigenvalue weighted by Gasteiger charge is 2.16. The molecule has 2 aromatic carbocycles. The number of benzene rings is 2. The summed E-state index contributed by atoms with van der Waals surface area (Å²) in [5.74, 6) is 0.276. The lowest BCUT2D eigenvalue weighted by atomic mass is 9.87. The van der Waals surface area contributed by atoms with Gasteiger partial charge in [0.25, 0.3) is 0 Å². The normalized spacial score (nSPS) is 14.1. The zero-order valence-electron chi connectivity index (χ0n) is 10.8. The number of hydrogen-bond donors (Lipinski definition) is 1. The number of rotatable bonds is 4. The Morgan fingerprint density at radius 3 is 1.84 bits per heavy atom. The van der Waals surface area contributed by atoms with E-state index in [0.717, 1.165) is 16.5 Å². The van der Waals surface area contributed by atoms with Crippen molar-refractivity contribution in [1.29, 1.82) is 0 Å². The minimum atomic E-state index is 0.0804. The van der Waals surface area contributed by atoms with E-state index in [1.807, 2.05) is 55.5 Å². The molecular weight excluding hydrogens is 277 g/mol. The Morgan fingerprint density at radius 2 is 1.37 bits per heavy atom. The molecule has 2 rings (SSSR count). The number of halogens is 2. The molecule has 0 unspecified atom stereocenters. The molecule has 0 aliphatic rings. The first kappa shape index (κ1) is 14.4. The molecule has 0 heterocycles. The Morgan fingerprint density at radius 1 is 0.895 bits per heavy atom. The van der Waals surface area contributed by atoms with Crippen LogP contribution in [0.2, 0.25) is 10.0 Å². The summed E-state index contributed by atoms with van der Waals surface area (Å²) in [6.07, 6.45) is 0.899. The van der Waals surface area contributed by atoms with Gasteiger partial charge in [-0.2, -0.15) is 0 Å². The van der Waals surface area contributed by atoms with E-state index in [1.54, 1.807) is 0 Å². The van der Waals surface area contributed by atoms with Gasteiger partial charge in [-0.3, -0.25) is 0 Å². The molecule has 100 valence electrons. The monoisotopic (exact) mass is 293 g/mol. The summed E-state index contributed by atoms with van der Waals surface area (Å²) >= 11 is 11.8. The van der Waals surface area contributed by atoms with Gasteiger partial charge in [0, 0.05) is 22.0 Å². The van der Waals surface area contributed by atoms with Gasteiger partial charge in [0.05, 0.1) is 0 Å². The summed E-state index contributed by atoms with van der Waals surface area (Å²) in [6.45, 7) is 2.04. The molecule has 0 aliphatic carbocycles. The van der Waals surface area contributed by atoms with Gasteiger partial charge in [0.1, 0.15) is 0 Å². The van der Waals surface area contributed by atoms with Gasteiger partial charge in [-0.15, -0.1) is 0 Å². The van der Waals surface area contributed by atoms with Crippen molar-refractivity contribution in [2.75, 3.05) is 0 Å². The smallest absolute Gasteiger partial charge is 0.0406 e. The van der Waals surface area contributed by atoms with Crippen LogP contribution in [-0.2, 0) is 6.42 Å². The van der Waals surface area contributed by atoms with Crippen molar-refractivity contribution in [2.24, 2.45) is 5.73 Å². The van der Waals surface area contributed by atoms with Crippen LogP contribution in [-0.4, -0.2) is 6.04 Å². The molecule has 0 radical (unpaired) electrons. The van der Waals surface area contributed by atoms with Crippen molar-refractivity contribution >= 4 is 23.2 Å². The molecule has 0 fully saturated rings. The van der Waals surface area contributed by atoms with E-state index in [9.17, 15) is 0 Å². The van der Waals surface area contributed by atoms with E-state index >= 15 is 0 Å². The molecule has 2 N–H and O–H groups in total. The largest absolute Gasteiger partial charge is 0.327 e. The topological polar surface area (TPSA) is 26.0 Å². The summed E-state index contributed by atoms with van der Waals surface area (Å²) in [7, 11) is 0. The van der Waals surface area contributed by atoms with E-state index in [1.165, 1.54) is 11.1 Å². The Hall–Kier alpha value is -1.02. The lowest BCUT2D eigenvalue weighted by Crippen LogP contribution is -2.26. The van der Waals surface area contributed by atoms with Crippen molar-refractivity contribution in [3.8, 4) is 0 Å². The third kappa shape index (κ3) is 3.97. The SMILES string of the molecule is C[C@H](N)[C@@H](Cc1ccc(Cl)cc1)c1ccc(Cl)cc1. The first-order valence-electron chi connectivity index (χ1n) is 6.32. The molecular formula is C16H17Cl2N. The van der Waals surface area contributed by atoms with Gasteiger partial charge in [0.2, 0.25) is 0 Å². The summed E-state index contributed by atoms with van der Waals surface area (Å²) in [4.78, 5) is 0. The maximum absolute atomic E-state index is 6.13. The van der Waals surface area contributed by atoms with Crippen LogP contribution < -0.4 is 5.73 Å². The highest BCUT2D eigenvalue weighted by Crippen LogP contribution is 2.25. The number of nitrogens with two attached hydrogens (primary N) is 1. The Labute approximate surface area is 124 Å². The van der Waals surface area contributed by atoms with Crippen LogP contribution >= 0.6 is 23.2 Å². The standard InChI is InChI=1S/C16H17Cl2N/c1-11(19)16(13-4-8-15(18)9-5-13)10-12-2-6-14(17)7-3-12/h2-9,11,16H,10,19H2,1H3/t11-,16+/m0/s1. The molecule has 0 saturated carbocycles. The Bertz CT molecular complexity index is 517. The first-order chi connectivity index (χ1) is 9.06. The third-order valence-electron chi connectivity index (χ3n) is 3.30. The van der Waals surface area contributed by atoms with E-state index in [4.69, 9.17) is 28.9 Å². The molecule has 0 saturated heterocycles. The summed E-state index contributed by atoms with van der Waals surface area (Å²) in [6, 6.07) is 15.9. The summed E-state index contributed by atoms with van der Waals surface area (Å²) < 4.78 is 0. The van der Waals surface area contributed by atoms with E-state index < -0.39 is 0 Å². The van der Waals surface area contributed by atoms with Crippen LogP contribution in [0.4, 0.5) is 0 Å². The first-order valence-corrected chi connectivity index (χ1v) is 7.07. The highest BCUT2D eigenvalue weighted by atomic mass is 35.5. The van der Waals surface area contributed by atoms with E-state index in [-0.39, 0.29) is 12.0 Å². The molecule has 0 bridgehead atoms. The van der Waals surface area contributed by atoms with Crippen molar-refractivity contribution in [3.63, 3.8) is 0 Å². The van der Waals surface area contributed by atoms with Gasteiger partial charge in [0.15, 0.2) is 0 Å². The predicted octanol–water partition coefficient (Wildman–Crippen LogP) is 4.67. The van der Waals surface area contributed by atoms with E-state index in [0.29, 0.717) is 0 Å². The summed E-state index contributed by atoms with van der Waals surface area (Å²) in [5.41, 5.74) is 8.58. The van der Waals surface area contributed by atoms with Crippen LogP contribution in [0.3, 0.4) is 0 Å². The maximum atomic E-state index is 6.13. The Kier molecular flexibility index (Phi) is 4.87. The van der Waals surface area contributed by atoms with Crippen LogP contribution in [0.5, 0.6) is 0 Å². The van der Waals surface area contributed by atoms with Crippen LogP contribution in [0.15, 0.2) is 48.5 Å². The molecule has 1 nitrogen and oxygen atoms in total. The predicted molar refractivity (Wildman–Crippen MR) is 83.0 cm³/mol. The molecule has 3 heteroatoms. The average molecular weight is 294 g/mol. The molecule has 0 aromatic heterocycles. The lowest BCUT2D eigenvalue weighted by Gasteiger charge is -2.21. The van der Waals surface area contributed by atoms with Crippen molar-refractivity contribution < 1.29 is 0 Å². The molecule has 19 heavy (non-hydrogen) atoms. The van der Waals surface area contributed by atoms with Gasteiger partial charge in [-0.1, -0.05) is 47.5 Å². The fraction of sp³-hybridized carbons (Fsp3) is 0.250. The molecule has 0 amide bonds. The average Bonchev–Trinajstić information content (AvgIpc) is 2.39. The van der Waals surface area contributed by atoms with E-state index in [2.05, 4.69) is 0 Å². The van der Waals surface area contributed by atoms with Crippen LogP contribution in [0, 0.1) is 0 Å². The minimum absolute atomic E-state index is 0.0804. The van der Waals surface area contributed by atoms with Crippen LogP contribution in [0.25, 0.3) is 0 Å². The summed E-state index contributed by atoms with van der Waals surface area (Å²) in [5, 5.41) is 1.51. The van der Waals surface area contributed by atoms with Crippen LogP contribution in [0.1, 0.15) is 24.0 Å². The van der Waals surface area contributed by atoms with Gasteiger partial charge < -0.3 is 5.73 Å². The molecule has 0 aliphatic heterocycles. The second-order valence-electron chi connectivity index (χ2n) is 4.85. The van der Waals surface area contributed by atoms with Crippen molar-refractivity contribution in [2.45, 2.75) is 25.3 Å². The third-order valence-corrected chi connectivity index (χ3v) is 3.81. The quantitative estimate of drug-likeness (QED) is 0.871. The fourth-order valence-electron chi connectivity index (χ4n) is 2.19. The van der Waals surface area contributed by atoms with Crippen molar-refractivity contribution in [3.05, 3.63) is 69.7 Å². The molecule has 2 aromatic rings. The second-order valence-corrected chi connectivity index (χ2v) is 5.72. The highest BCUT2D eigenvalue weighted by molar-refractivity contribution is 6.30. The lowest BCUT2D eigenvalue weighted by molar-refractivity contribution is 0.565. The fourth-order valence-corrected chi connectivity index (χ4v) is 2.44. The minimum Gasteiger partial charge on any atom is -0.327 e. The van der Waals surface area contributed by atoms with Crippen molar-refractivity contribution in [1.82, 2.24) is 0 Å². The van der Waals surface area contributed by atoms with Gasteiger partial charge in [-0.25, -0.2) is 0 Å². The second kappa shape index (κ2) is 6.42. The number of hydrogen-bond acceptors (Lipinski definition) is 1. The molecule has 0 spiro atoms. The zero-order valence-corrected chi connectivity index (χ0v) is 12.3. The van der Waals surface area contributed by atoms with Gasteiger partial charge in [-0.05, 0) is 48.7 Å². The molecule has 2 atom stereocenters.